The van der Waals surface area contributed by atoms with Crippen molar-refractivity contribution in [1.82, 2.24) is 0 Å². The summed E-state index contributed by atoms with van der Waals surface area (Å²) in [6.07, 6.45) is -4.44. The Morgan fingerprint density at radius 2 is 2.17 bits per heavy atom. The number of benzene rings is 1. The number of halogens is 3. The molecule has 0 radical (unpaired) electrons. The molecule has 7 heteroatoms. The number of hydrogen-bond acceptors (Lipinski definition) is 3. The molecule has 1 amide bonds. The Kier molecular flexibility index (Phi) is 3.06. The predicted octanol–water partition coefficient (Wildman–Crippen LogP) is 2.02. The van der Waals surface area contributed by atoms with Crippen LogP contribution in [-0.4, -0.2) is 32.3 Å². The molecule has 1 aromatic carbocycles. The zero-order valence-electron chi connectivity index (χ0n) is 9.54. The van der Waals surface area contributed by atoms with E-state index in [1.54, 1.807) is 13.1 Å². The van der Waals surface area contributed by atoms with Crippen LogP contribution in [0.15, 0.2) is 18.2 Å². The summed E-state index contributed by atoms with van der Waals surface area (Å²) < 4.78 is 42.4. The molecule has 0 spiro atoms. The first-order valence-corrected chi connectivity index (χ1v) is 5.22. The molecule has 1 aliphatic heterocycles. The molecule has 1 N–H and O–H groups in total. The van der Waals surface area contributed by atoms with E-state index in [1.807, 2.05) is 0 Å². The summed E-state index contributed by atoms with van der Waals surface area (Å²) in [5.74, 6) is -0.425. The number of ether oxygens (including phenoxy) is 1. The number of anilines is 2. The number of carbonyl (C=O) groups excluding carboxylic acids is 1. The highest BCUT2D eigenvalue weighted by atomic mass is 19.4. The highest BCUT2D eigenvalue weighted by molar-refractivity contribution is 5.98. The Morgan fingerprint density at radius 1 is 1.44 bits per heavy atom. The molecule has 0 bridgehead atoms. The number of nitrogens with one attached hydrogen (secondary N) is 1. The van der Waals surface area contributed by atoms with Gasteiger partial charge in [-0.1, -0.05) is 0 Å². The van der Waals surface area contributed by atoms with Crippen LogP contribution in [0.4, 0.5) is 24.5 Å². The monoisotopic (exact) mass is 260 g/mol. The predicted molar refractivity (Wildman–Crippen MR) is 59.9 cm³/mol. The molecule has 1 aliphatic rings. The van der Waals surface area contributed by atoms with Gasteiger partial charge < -0.3 is 10.1 Å². The average molecular weight is 260 g/mol. The third-order valence-corrected chi connectivity index (χ3v) is 2.53. The zero-order chi connectivity index (χ0) is 13.3. The van der Waals surface area contributed by atoms with Crippen LogP contribution in [0.5, 0.6) is 5.75 Å². The fourth-order valence-corrected chi connectivity index (χ4v) is 1.71. The molecule has 0 saturated carbocycles. The van der Waals surface area contributed by atoms with Crippen LogP contribution in [0.25, 0.3) is 0 Å². The van der Waals surface area contributed by atoms with E-state index in [2.05, 4.69) is 5.32 Å². The van der Waals surface area contributed by atoms with Gasteiger partial charge in [-0.2, -0.15) is 13.2 Å². The van der Waals surface area contributed by atoms with Crippen molar-refractivity contribution in [2.75, 3.05) is 30.4 Å². The standard InChI is InChI=1S/C11H11F3N2O2/c1-15-7-2-3-9-8(4-7)16(6-11(12,13)14)10(17)5-18-9/h2-4,15H,5-6H2,1H3. The van der Waals surface area contributed by atoms with E-state index in [-0.39, 0.29) is 18.0 Å². The number of carbonyl (C=O) groups is 1. The van der Waals surface area contributed by atoms with Crippen molar-refractivity contribution in [3.05, 3.63) is 18.2 Å². The van der Waals surface area contributed by atoms with E-state index < -0.39 is 18.6 Å². The molecular weight excluding hydrogens is 249 g/mol. The van der Waals surface area contributed by atoms with Crippen molar-refractivity contribution in [3.63, 3.8) is 0 Å². The lowest BCUT2D eigenvalue weighted by atomic mass is 10.2. The fraction of sp³-hybridized carbons (Fsp3) is 0.364. The van der Waals surface area contributed by atoms with Crippen LogP contribution in [0, 0.1) is 0 Å². The first kappa shape index (κ1) is 12.5. The third kappa shape index (κ3) is 2.49. The summed E-state index contributed by atoms with van der Waals surface area (Å²) in [5, 5.41) is 2.80. The Labute approximate surface area is 101 Å². The maximum atomic E-state index is 12.4. The van der Waals surface area contributed by atoms with Crippen molar-refractivity contribution in [3.8, 4) is 5.75 Å². The number of rotatable bonds is 2. The van der Waals surface area contributed by atoms with Gasteiger partial charge in [0.15, 0.2) is 6.61 Å². The highest BCUT2D eigenvalue weighted by Crippen LogP contribution is 2.36. The molecule has 2 rings (SSSR count). The van der Waals surface area contributed by atoms with Gasteiger partial charge in [-0.15, -0.1) is 0 Å². The van der Waals surface area contributed by atoms with E-state index in [9.17, 15) is 18.0 Å². The second-order valence-corrected chi connectivity index (χ2v) is 3.82. The fourth-order valence-electron chi connectivity index (χ4n) is 1.71. The smallest absolute Gasteiger partial charge is 0.406 e. The molecule has 18 heavy (non-hydrogen) atoms. The quantitative estimate of drug-likeness (QED) is 0.884. The topological polar surface area (TPSA) is 41.6 Å². The summed E-state index contributed by atoms with van der Waals surface area (Å²) in [5.41, 5.74) is 0.745. The maximum absolute atomic E-state index is 12.4. The zero-order valence-corrected chi connectivity index (χ0v) is 9.54. The van der Waals surface area contributed by atoms with Gasteiger partial charge in [0.25, 0.3) is 5.91 Å². The number of hydrogen-bond donors (Lipinski definition) is 1. The molecule has 0 aliphatic carbocycles. The van der Waals surface area contributed by atoms with Gasteiger partial charge in [0, 0.05) is 12.7 Å². The molecule has 1 aromatic rings. The highest BCUT2D eigenvalue weighted by Gasteiger charge is 2.37. The first-order chi connectivity index (χ1) is 8.40. The van der Waals surface area contributed by atoms with E-state index >= 15 is 0 Å². The van der Waals surface area contributed by atoms with Crippen molar-refractivity contribution in [2.24, 2.45) is 0 Å². The maximum Gasteiger partial charge on any atom is 0.406 e. The van der Waals surface area contributed by atoms with Gasteiger partial charge in [-0.25, -0.2) is 0 Å². The Balaban J connectivity index is 2.39. The van der Waals surface area contributed by atoms with Crippen LogP contribution in [0.2, 0.25) is 0 Å². The Hall–Kier alpha value is -1.92. The number of alkyl halides is 3. The molecule has 1 heterocycles. The number of nitrogens with zero attached hydrogens (tertiary/aromatic N) is 1. The molecule has 0 atom stereocenters. The van der Waals surface area contributed by atoms with Crippen LogP contribution in [0.3, 0.4) is 0 Å². The Bertz CT molecular complexity index is 474. The summed E-state index contributed by atoms with van der Waals surface area (Å²) in [6, 6.07) is 4.66. The van der Waals surface area contributed by atoms with E-state index in [0.717, 1.165) is 0 Å². The van der Waals surface area contributed by atoms with Crippen molar-refractivity contribution in [1.29, 1.82) is 0 Å². The second kappa shape index (κ2) is 4.40. The summed E-state index contributed by atoms with van der Waals surface area (Å²) in [7, 11) is 1.64. The van der Waals surface area contributed by atoms with Crippen molar-refractivity contribution >= 4 is 17.3 Å². The minimum atomic E-state index is -4.44. The summed E-state index contributed by atoms with van der Waals surface area (Å²) in [6.45, 7) is -1.68. The molecule has 0 saturated heterocycles. The van der Waals surface area contributed by atoms with Gasteiger partial charge in [0.2, 0.25) is 0 Å². The SMILES string of the molecule is CNc1ccc2c(c1)N(CC(F)(F)F)C(=O)CO2. The number of fused-ring (bicyclic) bond motifs is 1. The normalized spacial score (nSPS) is 15.1. The molecule has 0 unspecified atom stereocenters. The van der Waals surface area contributed by atoms with Crippen LogP contribution in [-0.2, 0) is 4.79 Å². The second-order valence-electron chi connectivity index (χ2n) is 3.82. The molecule has 4 nitrogen and oxygen atoms in total. The lowest BCUT2D eigenvalue weighted by molar-refractivity contribution is -0.134. The minimum absolute atomic E-state index is 0.135. The van der Waals surface area contributed by atoms with Crippen LogP contribution >= 0.6 is 0 Å². The van der Waals surface area contributed by atoms with Gasteiger partial charge in [-0.3, -0.25) is 9.69 Å². The first-order valence-electron chi connectivity index (χ1n) is 5.22. The van der Waals surface area contributed by atoms with Gasteiger partial charge in [0.1, 0.15) is 12.3 Å². The van der Waals surface area contributed by atoms with Crippen LogP contribution < -0.4 is 15.0 Å². The van der Waals surface area contributed by atoms with Gasteiger partial charge in [0.05, 0.1) is 5.69 Å². The lowest BCUT2D eigenvalue weighted by Gasteiger charge is -2.30. The Morgan fingerprint density at radius 3 is 2.78 bits per heavy atom. The molecule has 0 fully saturated rings. The third-order valence-electron chi connectivity index (χ3n) is 2.53. The largest absolute Gasteiger partial charge is 0.482 e. The van der Waals surface area contributed by atoms with E-state index in [1.165, 1.54) is 12.1 Å². The molecule has 0 aromatic heterocycles. The van der Waals surface area contributed by atoms with E-state index in [0.29, 0.717) is 10.6 Å². The number of amides is 1. The molecule has 98 valence electrons. The average Bonchev–Trinajstić information content (AvgIpc) is 2.31. The summed E-state index contributed by atoms with van der Waals surface area (Å²) >= 11 is 0. The minimum Gasteiger partial charge on any atom is -0.482 e. The van der Waals surface area contributed by atoms with Gasteiger partial charge in [-0.05, 0) is 18.2 Å². The van der Waals surface area contributed by atoms with Crippen molar-refractivity contribution < 1.29 is 22.7 Å². The van der Waals surface area contributed by atoms with Crippen molar-refractivity contribution in [2.45, 2.75) is 6.18 Å². The van der Waals surface area contributed by atoms with E-state index in [4.69, 9.17) is 4.74 Å². The summed E-state index contributed by atoms with van der Waals surface area (Å²) in [4.78, 5) is 12.2. The van der Waals surface area contributed by atoms with Gasteiger partial charge >= 0.3 is 6.18 Å². The van der Waals surface area contributed by atoms with Crippen LogP contribution in [0.1, 0.15) is 0 Å². The molecular formula is C11H11F3N2O2. The lowest BCUT2D eigenvalue weighted by Crippen LogP contribution is -2.44.